The van der Waals surface area contributed by atoms with Gasteiger partial charge in [0, 0.05) is 29.9 Å². The van der Waals surface area contributed by atoms with Crippen LogP contribution in [0.2, 0.25) is 0 Å². The van der Waals surface area contributed by atoms with Crippen molar-refractivity contribution in [2.75, 3.05) is 11.9 Å². The van der Waals surface area contributed by atoms with Gasteiger partial charge in [-0.3, -0.25) is 4.98 Å². The lowest BCUT2D eigenvalue weighted by molar-refractivity contribution is 0.564. The number of hydrogen-bond donors (Lipinski definition) is 2. The Labute approximate surface area is 188 Å². The van der Waals surface area contributed by atoms with Gasteiger partial charge in [0.25, 0.3) is 0 Å². The number of nitrogens with one attached hydrogen (secondary N) is 2. The van der Waals surface area contributed by atoms with Gasteiger partial charge in [-0.2, -0.15) is 5.10 Å². The van der Waals surface area contributed by atoms with Gasteiger partial charge in [0.15, 0.2) is 0 Å². The smallest absolute Gasteiger partial charge is 0.241 e. The van der Waals surface area contributed by atoms with E-state index in [0.717, 1.165) is 39.0 Å². The maximum absolute atomic E-state index is 13.0. The first-order valence-corrected chi connectivity index (χ1v) is 12.0. The van der Waals surface area contributed by atoms with E-state index < -0.39 is 10.0 Å². The molecular formula is C24H27N5O2S. The number of sulfonamides is 1. The molecule has 4 rings (SSSR count). The van der Waals surface area contributed by atoms with Crippen LogP contribution in [0.1, 0.15) is 23.6 Å². The summed E-state index contributed by atoms with van der Waals surface area (Å²) in [6.45, 7) is 7.91. The van der Waals surface area contributed by atoms with Crippen LogP contribution in [0.3, 0.4) is 0 Å². The summed E-state index contributed by atoms with van der Waals surface area (Å²) in [5.41, 5.74) is 5.28. The number of pyridine rings is 1. The highest BCUT2D eigenvalue weighted by molar-refractivity contribution is 7.89. The van der Waals surface area contributed by atoms with E-state index in [4.69, 9.17) is 0 Å². The van der Waals surface area contributed by atoms with Crippen molar-refractivity contribution in [3.63, 3.8) is 0 Å². The van der Waals surface area contributed by atoms with E-state index in [1.807, 2.05) is 74.8 Å². The Morgan fingerprint density at radius 3 is 2.47 bits per heavy atom. The third-order valence-electron chi connectivity index (χ3n) is 5.33. The first-order valence-electron chi connectivity index (χ1n) is 10.5. The normalized spacial score (nSPS) is 12.8. The Balaban J connectivity index is 1.51. The standard InChI is InChI=1S/C24H27N5O2S/c1-16-11-17(2)24(18(3)12-16)32(30,31)28-19(4)13-26-22-8-5-9-23-21(22)15-27-29(23)20-7-6-10-25-14-20/h5-12,14-15,19,26,28H,13H2,1-4H3. The Morgan fingerprint density at radius 1 is 1.03 bits per heavy atom. The highest BCUT2D eigenvalue weighted by Crippen LogP contribution is 2.25. The zero-order chi connectivity index (χ0) is 22.9. The third-order valence-corrected chi connectivity index (χ3v) is 7.23. The van der Waals surface area contributed by atoms with Crippen LogP contribution in [0, 0.1) is 20.8 Å². The molecule has 0 saturated heterocycles. The Bertz CT molecular complexity index is 1340. The average Bonchev–Trinajstić information content (AvgIpc) is 3.16. The van der Waals surface area contributed by atoms with Crippen LogP contribution < -0.4 is 10.0 Å². The largest absolute Gasteiger partial charge is 0.383 e. The predicted octanol–water partition coefficient (Wildman–Crippen LogP) is 4.12. The molecule has 0 fully saturated rings. The fourth-order valence-electron chi connectivity index (χ4n) is 4.11. The summed E-state index contributed by atoms with van der Waals surface area (Å²) in [6, 6.07) is 13.2. The van der Waals surface area contributed by atoms with E-state index in [9.17, 15) is 8.42 Å². The molecule has 2 aromatic heterocycles. The topological polar surface area (TPSA) is 88.9 Å². The number of benzene rings is 2. The van der Waals surface area contributed by atoms with Crippen molar-refractivity contribution in [1.29, 1.82) is 0 Å². The van der Waals surface area contributed by atoms with Crippen molar-refractivity contribution < 1.29 is 8.42 Å². The van der Waals surface area contributed by atoms with Gasteiger partial charge in [-0.25, -0.2) is 17.8 Å². The van der Waals surface area contributed by atoms with Crippen molar-refractivity contribution in [3.8, 4) is 5.69 Å². The summed E-state index contributed by atoms with van der Waals surface area (Å²) in [6.07, 6.45) is 5.29. The maximum Gasteiger partial charge on any atom is 0.241 e. The number of nitrogens with zero attached hydrogens (tertiary/aromatic N) is 3. The number of hydrogen-bond acceptors (Lipinski definition) is 5. The molecule has 32 heavy (non-hydrogen) atoms. The van der Waals surface area contributed by atoms with Crippen molar-refractivity contribution in [3.05, 3.63) is 77.7 Å². The Hall–Kier alpha value is -3.23. The quantitative estimate of drug-likeness (QED) is 0.443. The van der Waals surface area contributed by atoms with Crippen LogP contribution in [0.25, 0.3) is 16.6 Å². The summed E-state index contributed by atoms with van der Waals surface area (Å²) in [5.74, 6) is 0. The number of aryl methyl sites for hydroxylation is 3. The van der Waals surface area contributed by atoms with Gasteiger partial charge in [0.1, 0.15) is 0 Å². The summed E-state index contributed by atoms with van der Waals surface area (Å²) < 4.78 is 30.7. The molecule has 0 amide bonds. The van der Waals surface area contributed by atoms with Crippen LogP contribution in [0.4, 0.5) is 5.69 Å². The van der Waals surface area contributed by atoms with Crippen molar-refractivity contribution in [1.82, 2.24) is 19.5 Å². The van der Waals surface area contributed by atoms with Crippen LogP contribution in [0.15, 0.2) is 66.0 Å². The minimum atomic E-state index is -3.63. The molecule has 0 aliphatic carbocycles. The van der Waals surface area contributed by atoms with Gasteiger partial charge in [0.2, 0.25) is 10.0 Å². The lowest BCUT2D eigenvalue weighted by Crippen LogP contribution is -2.38. The molecule has 2 aromatic carbocycles. The molecule has 0 saturated carbocycles. The monoisotopic (exact) mass is 449 g/mol. The van der Waals surface area contributed by atoms with Gasteiger partial charge in [-0.05, 0) is 63.1 Å². The van der Waals surface area contributed by atoms with Gasteiger partial charge in [-0.15, -0.1) is 0 Å². The van der Waals surface area contributed by atoms with E-state index in [1.165, 1.54) is 0 Å². The van der Waals surface area contributed by atoms with E-state index in [-0.39, 0.29) is 6.04 Å². The minimum Gasteiger partial charge on any atom is -0.383 e. The van der Waals surface area contributed by atoms with Crippen molar-refractivity contribution in [2.45, 2.75) is 38.6 Å². The fourth-order valence-corrected chi connectivity index (χ4v) is 5.81. The molecule has 0 spiro atoms. The lowest BCUT2D eigenvalue weighted by atomic mass is 10.1. The van der Waals surface area contributed by atoms with Gasteiger partial charge < -0.3 is 5.32 Å². The molecule has 1 atom stereocenters. The molecule has 0 aliphatic heterocycles. The second-order valence-corrected chi connectivity index (χ2v) is 9.79. The van der Waals surface area contributed by atoms with Crippen LogP contribution >= 0.6 is 0 Å². The molecule has 0 aliphatic rings. The second kappa shape index (κ2) is 8.72. The van der Waals surface area contributed by atoms with Gasteiger partial charge in [0.05, 0.1) is 28.5 Å². The summed E-state index contributed by atoms with van der Waals surface area (Å²) in [4.78, 5) is 4.52. The molecule has 0 bridgehead atoms. The second-order valence-electron chi connectivity index (χ2n) is 8.14. The van der Waals surface area contributed by atoms with Crippen LogP contribution in [-0.4, -0.2) is 35.8 Å². The SMILES string of the molecule is Cc1cc(C)c(S(=O)(=O)NC(C)CNc2cccc3c2cnn3-c2cccnc2)c(C)c1. The highest BCUT2D eigenvalue weighted by Gasteiger charge is 2.22. The maximum atomic E-state index is 13.0. The number of fused-ring (bicyclic) bond motifs is 1. The van der Waals surface area contributed by atoms with E-state index in [1.54, 1.807) is 18.6 Å². The Kier molecular flexibility index (Phi) is 5.99. The molecule has 8 heteroatoms. The lowest BCUT2D eigenvalue weighted by Gasteiger charge is -2.18. The molecule has 166 valence electrons. The zero-order valence-corrected chi connectivity index (χ0v) is 19.4. The van der Waals surface area contributed by atoms with Gasteiger partial charge >= 0.3 is 0 Å². The summed E-state index contributed by atoms with van der Waals surface area (Å²) in [7, 11) is -3.63. The minimum absolute atomic E-state index is 0.316. The molecule has 2 N–H and O–H groups in total. The van der Waals surface area contributed by atoms with Crippen molar-refractivity contribution in [2.24, 2.45) is 0 Å². The summed E-state index contributed by atoms with van der Waals surface area (Å²) in [5, 5.41) is 8.83. The van der Waals surface area contributed by atoms with E-state index >= 15 is 0 Å². The van der Waals surface area contributed by atoms with Crippen LogP contribution in [-0.2, 0) is 10.0 Å². The fraction of sp³-hybridized carbons (Fsp3) is 0.250. The average molecular weight is 450 g/mol. The molecule has 2 heterocycles. The number of aromatic nitrogens is 3. The predicted molar refractivity (Wildman–Crippen MR) is 128 cm³/mol. The zero-order valence-electron chi connectivity index (χ0n) is 18.6. The summed E-state index contributed by atoms with van der Waals surface area (Å²) >= 11 is 0. The molecule has 1 unspecified atom stereocenters. The molecular weight excluding hydrogens is 422 g/mol. The first-order chi connectivity index (χ1) is 15.3. The molecule has 0 radical (unpaired) electrons. The Morgan fingerprint density at radius 2 is 1.78 bits per heavy atom. The van der Waals surface area contributed by atoms with E-state index in [0.29, 0.717) is 11.4 Å². The first kappa shape index (κ1) is 22.0. The number of rotatable bonds is 7. The number of anilines is 1. The van der Waals surface area contributed by atoms with Crippen molar-refractivity contribution >= 4 is 26.6 Å². The highest BCUT2D eigenvalue weighted by atomic mass is 32.2. The van der Waals surface area contributed by atoms with Crippen LogP contribution in [0.5, 0.6) is 0 Å². The molecule has 4 aromatic rings. The third kappa shape index (κ3) is 4.37. The van der Waals surface area contributed by atoms with Gasteiger partial charge in [-0.1, -0.05) is 23.8 Å². The molecule has 7 nitrogen and oxygen atoms in total. The van der Waals surface area contributed by atoms with E-state index in [2.05, 4.69) is 20.1 Å².